The van der Waals surface area contributed by atoms with Gasteiger partial charge in [0.2, 0.25) is 0 Å². The summed E-state index contributed by atoms with van der Waals surface area (Å²) >= 11 is 0. The van der Waals surface area contributed by atoms with Crippen molar-refractivity contribution >= 4 is 0 Å². The maximum absolute atomic E-state index is 5.91. The highest BCUT2D eigenvalue weighted by Crippen LogP contribution is 2.20. The van der Waals surface area contributed by atoms with Crippen molar-refractivity contribution in [2.24, 2.45) is 5.92 Å². The van der Waals surface area contributed by atoms with Crippen molar-refractivity contribution < 1.29 is 4.74 Å². The summed E-state index contributed by atoms with van der Waals surface area (Å²) in [5, 5.41) is 3.48. The summed E-state index contributed by atoms with van der Waals surface area (Å²) in [5.74, 6) is 1.70. The van der Waals surface area contributed by atoms with Gasteiger partial charge in [0.05, 0.1) is 0 Å². The van der Waals surface area contributed by atoms with E-state index in [1.54, 1.807) is 0 Å². The lowest BCUT2D eigenvalue weighted by Gasteiger charge is -2.22. The predicted molar refractivity (Wildman–Crippen MR) is 93.8 cm³/mol. The Bertz CT molecular complexity index is 631. The fourth-order valence-electron chi connectivity index (χ4n) is 3.18. The summed E-state index contributed by atoms with van der Waals surface area (Å²) in [7, 11) is 0. The van der Waals surface area contributed by atoms with E-state index >= 15 is 0 Å². The summed E-state index contributed by atoms with van der Waals surface area (Å²) < 4.78 is 5.91. The van der Waals surface area contributed by atoms with Crippen molar-refractivity contribution in [1.29, 1.82) is 0 Å². The third-order valence-electron chi connectivity index (χ3n) is 4.58. The zero-order valence-corrected chi connectivity index (χ0v) is 14.1. The van der Waals surface area contributed by atoms with E-state index in [1.807, 2.05) is 19.9 Å². The molecule has 1 unspecified atom stereocenters. The van der Waals surface area contributed by atoms with Crippen LogP contribution in [0.25, 0.3) is 0 Å². The number of rotatable bonds is 5. The molecule has 1 atom stereocenters. The van der Waals surface area contributed by atoms with Crippen molar-refractivity contribution in [3.8, 4) is 5.75 Å². The van der Waals surface area contributed by atoms with Gasteiger partial charge in [-0.3, -0.25) is 4.98 Å². The predicted octanol–water partition coefficient (Wildman–Crippen LogP) is 3.82. The highest BCUT2D eigenvalue weighted by molar-refractivity contribution is 5.28. The van der Waals surface area contributed by atoms with Crippen LogP contribution in [-0.4, -0.2) is 18.1 Å². The molecule has 0 amide bonds. The lowest BCUT2D eigenvalue weighted by atomic mass is 9.92. The molecule has 0 saturated carbocycles. The van der Waals surface area contributed by atoms with Gasteiger partial charge in [0.15, 0.2) is 0 Å². The molecular formula is C20H26N2O. The minimum Gasteiger partial charge on any atom is -0.489 e. The fourth-order valence-corrected chi connectivity index (χ4v) is 3.18. The zero-order chi connectivity index (χ0) is 16.1. The molecule has 2 heterocycles. The molecule has 0 spiro atoms. The van der Waals surface area contributed by atoms with E-state index in [1.165, 1.54) is 24.9 Å². The molecule has 0 bridgehead atoms. The normalized spacial score (nSPS) is 17.9. The fraction of sp³-hybridized carbons (Fsp3) is 0.450. The first kappa shape index (κ1) is 16.0. The van der Waals surface area contributed by atoms with Gasteiger partial charge in [-0.1, -0.05) is 18.2 Å². The standard InChI is InChI=1S/C20H26N2O/c1-15-5-8-19(16(2)22-15)14-23-20-9-6-17(7-10-20)12-18-4-3-11-21-13-18/h5-10,18,21H,3-4,11-14H2,1-2H3. The number of nitrogens with zero attached hydrogens (tertiary/aromatic N) is 1. The largest absolute Gasteiger partial charge is 0.489 e. The molecule has 1 aliphatic rings. The molecule has 122 valence electrons. The molecule has 1 aromatic heterocycles. The van der Waals surface area contributed by atoms with E-state index in [0.29, 0.717) is 6.61 Å². The first-order chi connectivity index (χ1) is 11.2. The van der Waals surface area contributed by atoms with Gasteiger partial charge in [-0.15, -0.1) is 0 Å². The summed E-state index contributed by atoms with van der Waals surface area (Å²) in [6, 6.07) is 12.7. The molecule has 1 N–H and O–H groups in total. The Balaban J connectivity index is 1.54. The van der Waals surface area contributed by atoms with Crippen molar-refractivity contribution in [3.05, 3.63) is 58.9 Å². The van der Waals surface area contributed by atoms with Gasteiger partial charge in [-0.2, -0.15) is 0 Å². The molecule has 0 radical (unpaired) electrons. The maximum Gasteiger partial charge on any atom is 0.119 e. The van der Waals surface area contributed by atoms with Gasteiger partial charge in [0.25, 0.3) is 0 Å². The van der Waals surface area contributed by atoms with Crippen molar-refractivity contribution in [3.63, 3.8) is 0 Å². The molecule has 3 heteroatoms. The SMILES string of the molecule is Cc1ccc(COc2ccc(CC3CCCNC3)cc2)c(C)n1. The monoisotopic (exact) mass is 310 g/mol. The van der Waals surface area contributed by atoms with Crippen LogP contribution in [0.1, 0.15) is 35.4 Å². The Labute approximate surface area is 139 Å². The van der Waals surface area contributed by atoms with Crippen LogP contribution in [0.3, 0.4) is 0 Å². The first-order valence-electron chi connectivity index (χ1n) is 8.56. The molecule has 3 nitrogen and oxygen atoms in total. The van der Waals surface area contributed by atoms with Crippen LogP contribution < -0.4 is 10.1 Å². The van der Waals surface area contributed by atoms with E-state index in [4.69, 9.17) is 4.74 Å². The molecule has 1 saturated heterocycles. The van der Waals surface area contributed by atoms with Crippen molar-refractivity contribution in [2.45, 2.75) is 39.7 Å². The first-order valence-corrected chi connectivity index (χ1v) is 8.56. The lowest BCUT2D eigenvalue weighted by Crippen LogP contribution is -2.30. The molecule has 0 aliphatic carbocycles. The minimum atomic E-state index is 0.574. The molecule has 2 aromatic rings. The van der Waals surface area contributed by atoms with E-state index in [2.05, 4.69) is 40.6 Å². The zero-order valence-electron chi connectivity index (χ0n) is 14.1. The average Bonchev–Trinajstić information content (AvgIpc) is 2.56. The molecular weight excluding hydrogens is 284 g/mol. The number of nitrogens with one attached hydrogen (secondary N) is 1. The summed E-state index contributed by atoms with van der Waals surface area (Å²) in [6.07, 6.45) is 3.80. The van der Waals surface area contributed by atoms with Crippen LogP contribution in [-0.2, 0) is 13.0 Å². The number of aryl methyl sites for hydroxylation is 2. The van der Waals surface area contributed by atoms with Gasteiger partial charge in [0, 0.05) is 17.0 Å². The van der Waals surface area contributed by atoms with Crippen molar-refractivity contribution in [1.82, 2.24) is 10.3 Å². The summed E-state index contributed by atoms with van der Waals surface area (Å²) in [5.41, 5.74) is 4.64. The van der Waals surface area contributed by atoms with Gasteiger partial charge >= 0.3 is 0 Å². The minimum absolute atomic E-state index is 0.574. The quantitative estimate of drug-likeness (QED) is 0.911. The Morgan fingerprint density at radius 2 is 1.96 bits per heavy atom. The molecule has 3 rings (SSSR count). The number of benzene rings is 1. The summed E-state index contributed by atoms with van der Waals surface area (Å²) in [4.78, 5) is 4.48. The Morgan fingerprint density at radius 3 is 2.65 bits per heavy atom. The maximum atomic E-state index is 5.91. The number of hydrogen-bond acceptors (Lipinski definition) is 3. The van der Waals surface area contributed by atoms with Crippen LogP contribution in [0, 0.1) is 19.8 Å². The second kappa shape index (κ2) is 7.60. The number of piperidine rings is 1. The Kier molecular flexibility index (Phi) is 5.29. The second-order valence-corrected chi connectivity index (χ2v) is 6.55. The highest BCUT2D eigenvalue weighted by atomic mass is 16.5. The molecule has 23 heavy (non-hydrogen) atoms. The van der Waals surface area contributed by atoms with E-state index in [0.717, 1.165) is 41.6 Å². The number of ether oxygens (including phenoxy) is 1. The van der Waals surface area contributed by atoms with Gasteiger partial charge in [-0.05, 0) is 75.9 Å². The molecule has 1 aromatic carbocycles. The summed E-state index contributed by atoms with van der Waals surface area (Å²) in [6.45, 7) is 6.95. The van der Waals surface area contributed by atoms with Gasteiger partial charge in [-0.25, -0.2) is 0 Å². The topological polar surface area (TPSA) is 34.1 Å². The van der Waals surface area contributed by atoms with E-state index < -0.39 is 0 Å². The molecule has 1 fully saturated rings. The molecule has 1 aliphatic heterocycles. The van der Waals surface area contributed by atoms with Crippen LogP contribution in [0.2, 0.25) is 0 Å². The third kappa shape index (κ3) is 4.55. The average molecular weight is 310 g/mol. The van der Waals surface area contributed by atoms with Crippen LogP contribution in [0.15, 0.2) is 36.4 Å². The van der Waals surface area contributed by atoms with Gasteiger partial charge < -0.3 is 10.1 Å². The van der Waals surface area contributed by atoms with Crippen LogP contribution >= 0.6 is 0 Å². The van der Waals surface area contributed by atoms with Crippen LogP contribution in [0.4, 0.5) is 0 Å². The Hall–Kier alpha value is -1.87. The second-order valence-electron chi connectivity index (χ2n) is 6.55. The van der Waals surface area contributed by atoms with E-state index in [9.17, 15) is 0 Å². The lowest BCUT2D eigenvalue weighted by molar-refractivity contribution is 0.304. The highest BCUT2D eigenvalue weighted by Gasteiger charge is 2.13. The number of hydrogen-bond donors (Lipinski definition) is 1. The van der Waals surface area contributed by atoms with Crippen LogP contribution in [0.5, 0.6) is 5.75 Å². The smallest absolute Gasteiger partial charge is 0.119 e. The van der Waals surface area contributed by atoms with Crippen molar-refractivity contribution in [2.75, 3.05) is 13.1 Å². The van der Waals surface area contributed by atoms with E-state index in [-0.39, 0.29) is 0 Å². The Morgan fingerprint density at radius 1 is 1.13 bits per heavy atom. The van der Waals surface area contributed by atoms with Gasteiger partial charge in [0.1, 0.15) is 12.4 Å². The third-order valence-corrected chi connectivity index (χ3v) is 4.58. The number of aromatic nitrogens is 1. The number of pyridine rings is 1.